The molecule has 1 atom stereocenters. The Morgan fingerprint density at radius 2 is 2.00 bits per heavy atom. The van der Waals surface area contributed by atoms with Crippen molar-refractivity contribution in [3.63, 3.8) is 0 Å². The van der Waals surface area contributed by atoms with Crippen molar-refractivity contribution in [2.45, 2.75) is 6.04 Å². The first-order valence-electron chi connectivity index (χ1n) is 10.9. The maximum absolute atomic E-state index is 12.6. The van der Waals surface area contributed by atoms with Gasteiger partial charge in [0.15, 0.2) is 11.5 Å². The fraction of sp³-hybridized carbons (Fsp3) is 0.261. The van der Waals surface area contributed by atoms with Gasteiger partial charge in [-0.15, -0.1) is 5.10 Å². The van der Waals surface area contributed by atoms with E-state index in [-0.39, 0.29) is 25.5 Å². The number of carbonyl (C=O) groups excluding carboxylic acids is 1. The normalized spacial score (nSPS) is 16.4. The molecular formula is C23H24N8O3. The number of aromatic nitrogens is 4. The molecule has 3 heterocycles. The highest BCUT2D eigenvalue weighted by molar-refractivity contribution is 5.93. The van der Waals surface area contributed by atoms with Gasteiger partial charge in [0.2, 0.25) is 11.9 Å². The molecule has 3 N–H and O–H groups in total. The van der Waals surface area contributed by atoms with Gasteiger partial charge in [0.05, 0.1) is 12.1 Å². The highest BCUT2D eigenvalue weighted by Gasteiger charge is 2.29. The third-order valence-electron chi connectivity index (χ3n) is 5.77. The average molecular weight is 460 g/mol. The monoisotopic (exact) mass is 460 g/mol. The molecule has 1 aliphatic rings. The van der Waals surface area contributed by atoms with Gasteiger partial charge in [-0.1, -0.05) is 24.3 Å². The van der Waals surface area contributed by atoms with Gasteiger partial charge >= 0.3 is 6.09 Å². The van der Waals surface area contributed by atoms with E-state index >= 15 is 0 Å². The number of para-hydroxylation sites is 1. The van der Waals surface area contributed by atoms with Crippen molar-refractivity contribution in [2.24, 2.45) is 0 Å². The predicted molar refractivity (Wildman–Crippen MR) is 128 cm³/mol. The first-order chi connectivity index (χ1) is 16.4. The van der Waals surface area contributed by atoms with Crippen molar-refractivity contribution in [2.75, 3.05) is 43.9 Å². The lowest BCUT2D eigenvalue weighted by Gasteiger charge is -2.21. The van der Waals surface area contributed by atoms with Crippen molar-refractivity contribution in [3.8, 4) is 11.4 Å². The third kappa shape index (κ3) is 3.91. The molecule has 1 fully saturated rings. The minimum absolute atomic E-state index is 0.0103. The molecule has 0 saturated carbocycles. The molecule has 11 nitrogen and oxygen atoms in total. The van der Waals surface area contributed by atoms with Crippen LogP contribution in [0.25, 0.3) is 27.9 Å². The summed E-state index contributed by atoms with van der Waals surface area (Å²) in [6.45, 7) is 0.457. The minimum atomic E-state index is -1.08. The number of carbonyl (C=O) groups is 2. The molecule has 0 spiro atoms. The Bertz CT molecular complexity index is 1400. The average Bonchev–Trinajstić information content (AvgIpc) is 3.20. The predicted octanol–water partition coefficient (Wildman–Crippen LogP) is 1.90. The van der Waals surface area contributed by atoms with Crippen LogP contribution in [0, 0.1) is 0 Å². The summed E-state index contributed by atoms with van der Waals surface area (Å²) in [5.41, 5.74) is 3.13. The molecule has 2 aromatic heterocycles. The maximum Gasteiger partial charge on any atom is 0.407 e. The van der Waals surface area contributed by atoms with E-state index in [0.29, 0.717) is 22.9 Å². The number of rotatable bonds is 4. The smallest absolute Gasteiger partial charge is 0.407 e. The van der Waals surface area contributed by atoms with Gasteiger partial charge < -0.3 is 25.5 Å². The van der Waals surface area contributed by atoms with Crippen LogP contribution in [0.15, 0.2) is 48.5 Å². The highest BCUT2D eigenvalue weighted by atomic mass is 16.4. The number of nitrogens with zero attached hydrogens (tertiary/aromatic N) is 6. The van der Waals surface area contributed by atoms with Crippen LogP contribution in [0.2, 0.25) is 0 Å². The van der Waals surface area contributed by atoms with Crippen molar-refractivity contribution < 1.29 is 14.7 Å². The molecule has 1 saturated heterocycles. The number of anilines is 2. The van der Waals surface area contributed by atoms with Crippen LogP contribution in [0.3, 0.4) is 0 Å². The fourth-order valence-corrected chi connectivity index (χ4v) is 3.97. The lowest BCUT2D eigenvalue weighted by atomic mass is 10.2. The van der Waals surface area contributed by atoms with Crippen LogP contribution in [0.5, 0.6) is 0 Å². The number of benzene rings is 2. The van der Waals surface area contributed by atoms with Gasteiger partial charge in [0, 0.05) is 43.8 Å². The summed E-state index contributed by atoms with van der Waals surface area (Å²) in [5, 5.41) is 20.8. The molecule has 0 bridgehead atoms. The number of fused-ring (bicyclic) bond motifs is 3. The van der Waals surface area contributed by atoms with Crippen LogP contribution in [-0.2, 0) is 4.79 Å². The van der Waals surface area contributed by atoms with Gasteiger partial charge in [-0.2, -0.15) is 4.52 Å². The van der Waals surface area contributed by atoms with Gasteiger partial charge in [-0.25, -0.2) is 14.8 Å². The van der Waals surface area contributed by atoms with Crippen LogP contribution in [-0.4, -0.2) is 81.4 Å². The zero-order chi connectivity index (χ0) is 23.8. The summed E-state index contributed by atoms with van der Waals surface area (Å²) in [6.07, 6.45) is -1.08. The molecule has 0 aliphatic carbocycles. The van der Waals surface area contributed by atoms with E-state index in [1.54, 1.807) is 4.52 Å². The highest BCUT2D eigenvalue weighted by Crippen LogP contribution is 2.26. The first kappa shape index (κ1) is 21.4. The Morgan fingerprint density at radius 3 is 2.79 bits per heavy atom. The van der Waals surface area contributed by atoms with E-state index < -0.39 is 12.1 Å². The van der Waals surface area contributed by atoms with Gasteiger partial charge in [0.25, 0.3) is 0 Å². The second kappa shape index (κ2) is 8.50. The molecule has 11 heteroatoms. The summed E-state index contributed by atoms with van der Waals surface area (Å²) in [7, 11) is 3.93. The van der Waals surface area contributed by atoms with Gasteiger partial charge in [-0.05, 0) is 24.3 Å². The summed E-state index contributed by atoms with van der Waals surface area (Å²) in [6, 6.07) is 14.6. The van der Waals surface area contributed by atoms with Crippen molar-refractivity contribution >= 4 is 40.2 Å². The fourth-order valence-electron chi connectivity index (χ4n) is 3.97. The number of amides is 2. The summed E-state index contributed by atoms with van der Waals surface area (Å²) >= 11 is 0. The van der Waals surface area contributed by atoms with Crippen molar-refractivity contribution in [3.05, 3.63) is 48.5 Å². The molecule has 0 unspecified atom stereocenters. The third-order valence-corrected chi connectivity index (χ3v) is 5.77. The largest absolute Gasteiger partial charge is 0.465 e. The Morgan fingerprint density at radius 1 is 1.18 bits per heavy atom. The van der Waals surface area contributed by atoms with E-state index in [2.05, 4.69) is 15.6 Å². The first-order valence-corrected chi connectivity index (χ1v) is 10.9. The van der Waals surface area contributed by atoms with E-state index in [0.717, 1.165) is 16.6 Å². The number of nitrogens with one attached hydrogen (secondary N) is 2. The number of hydrogen-bond acceptors (Lipinski definition) is 7. The molecule has 2 amide bonds. The molecule has 174 valence electrons. The lowest BCUT2D eigenvalue weighted by molar-refractivity contribution is -0.121. The molecule has 1 aliphatic heterocycles. The number of hydrogen-bond donors (Lipinski definition) is 3. The van der Waals surface area contributed by atoms with Crippen LogP contribution in [0.1, 0.15) is 0 Å². The molecule has 0 radical (unpaired) electrons. The van der Waals surface area contributed by atoms with Crippen LogP contribution in [0.4, 0.5) is 16.4 Å². The van der Waals surface area contributed by atoms with Crippen LogP contribution < -0.4 is 15.5 Å². The quantitative estimate of drug-likeness (QED) is 0.421. The second-order valence-electron chi connectivity index (χ2n) is 8.28. The maximum atomic E-state index is 12.6. The lowest BCUT2D eigenvalue weighted by Crippen LogP contribution is -2.44. The van der Waals surface area contributed by atoms with Gasteiger partial charge in [-0.3, -0.25) is 4.79 Å². The molecule has 5 rings (SSSR count). The number of carboxylic acid groups (broad SMARTS) is 1. The zero-order valence-electron chi connectivity index (χ0n) is 18.8. The summed E-state index contributed by atoms with van der Waals surface area (Å²) < 4.78 is 1.57. The van der Waals surface area contributed by atoms with Crippen molar-refractivity contribution in [1.29, 1.82) is 0 Å². The standard InChI is InChI=1S/C23H24N8O3/c1-29(2)15-7-5-6-14(12-15)19-27-20-16-8-3-4-9-17(16)25-22(31(20)28-19)26-18-13-30(23(33)34)11-10-24-21(18)32/h3-9,12,18H,10-11,13H2,1-2H3,(H,24,32)(H,25,26)(H,33,34)/t18-/m1/s1. The topological polar surface area (TPSA) is 128 Å². The van der Waals surface area contributed by atoms with Gasteiger partial charge in [0.1, 0.15) is 6.04 Å². The minimum Gasteiger partial charge on any atom is -0.465 e. The molecule has 34 heavy (non-hydrogen) atoms. The Hall–Kier alpha value is -4.41. The van der Waals surface area contributed by atoms with E-state index in [1.165, 1.54) is 4.90 Å². The molecule has 4 aromatic rings. The van der Waals surface area contributed by atoms with Crippen LogP contribution >= 0.6 is 0 Å². The summed E-state index contributed by atoms with van der Waals surface area (Å²) in [4.78, 5) is 36.9. The Kier molecular flexibility index (Phi) is 5.36. The molecular weight excluding hydrogens is 436 g/mol. The second-order valence-corrected chi connectivity index (χ2v) is 8.28. The van der Waals surface area contributed by atoms with E-state index in [1.807, 2.05) is 67.5 Å². The Balaban J connectivity index is 1.62. The zero-order valence-corrected chi connectivity index (χ0v) is 18.8. The SMILES string of the molecule is CN(C)c1cccc(-c2nc3c4ccccc4nc(N[C@@H]4CN(C(=O)O)CCNC4=O)n3n2)c1. The van der Waals surface area contributed by atoms with E-state index in [9.17, 15) is 14.7 Å². The molecule has 2 aromatic carbocycles. The Labute approximate surface area is 195 Å². The summed E-state index contributed by atoms with van der Waals surface area (Å²) in [5.74, 6) is 0.525. The van der Waals surface area contributed by atoms with Crippen molar-refractivity contribution in [1.82, 2.24) is 29.8 Å². The van der Waals surface area contributed by atoms with E-state index in [4.69, 9.17) is 10.1 Å².